The van der Waals surface area contributed by atoms with E-state index in [-0.39, 0.29) is 11.9 Å². The molecule has 2 saturated heterocycles. The van der Waals surface area contributed by atoms with Gasteiger partial charge in [-0.1, -0.05) is 34.8 Å². The van der Waals surface area contributed by atoms with Crippen molar-refractivity contribution in [2.45, 2.75) is 38.8 Å². The van der Waals surface area contributed by atoms with Crippen molar-refractivity contribution in [3.63, 3.8) is 0 Å². The summed E-state index contributed by atoms with van der Waals surface area (Å²) in [5.41, 5.74) is 2.32. The number of urea groups is 1. The van der Waals surface area contributed by atoms with E-state index in [4.69, 9.17) is 4.99 Å². The van der Waals surface area contributed by atoms with Gasteiger partial charge < -0.3 is 0 Å². The summed E-state index contributed by atoms with van der Waals surface area (Å²) in [5, 5.41) is 0. The first-order valence-corrected chi connectivity index (χ1v) is 9.55. The van der Waals surface area contributed by atoms with Crippen LogP contribution in [-0.2, 0) is 11.3 Å². The Balaban J connectivity index is 1.77. The highest BCUT2D eigenvalue weighted by Crippen LogP contribution is 2.25. The number of hydrogen-bond acceptors (Lipinski definition) is 2. The molecule has 142 valence electrons. The normalized spacial score (nSPS) is 23.1. The molecule has 1 aromatic carbocycles. The molecule has 4 rings (SSSR count). The first-order chi connectivity index (χ1) is 13.0. The minimum atomic E-state index is -0.546. The summed E-state index contributed by atoms with van der Waals surface area (Å²) in [5.74, 6) is 1.15. The van der Waals surface area contributed by atoms with E-state index in [2.05, 4.69) is 34.6 Å². The van der Waals surface area contributed by atoms with E-state index in [1.165, 1.54) is 21.8 Å². The number of nitrogens with zero attached hydrogens (tertiary/aromatic N) is 5. The second-order valence-corrected chi connectivity index (χ2v) is 7.58. The summed E-state index contributed by atoms with van der Waals surface area (Å²) >= 11 is 0. The van der Waals surface area contributed by atoms with Crippen LogP contribution >= 0.6 is 0 Å². The molecule has 0 aromatic heterocycles. The molecule has 27 heavy (non-hydrogen) atoms. The van der Waals surface area contributed by atoms with Gasteiger partial charge in [-0.15, -0.1) is 0 Å². The fraction of sp³-hybridized carbons (Fsp3) is 0.500. The Hall–Kier alpha value is -2.70. The molecule has 0 N–H and O–H groups in total. The lowest BCUT2D eigenvalue weighted by Gasteiger charge is -2.33. The van der Waals surface area contributed by atoms with Gasteiger partial charge in [0.2, 0.25) is 11.9 Å². The average molecular weight is 368 g/mol. The molecule has 7 heteroatoms. The minimum absolute atomic E-state index is 0.212. The van der Waals surface area contributed by atoms with Crippen LogP contribution in [0.5, 0.6) is 0 Å². The molecule has 3 heterocycles. The van der Waals surface area contributed by atoms with Crippen LogP contribution in [0.1, 0.15) is 30.4 Å². The zero-order valence-electron chi connectivity index (χ0n) is 16.2. The summed E-state index contributed by atoms with van der Waals surface area (Å²) < 4.78 is 2.26. The Morgan fingerprint density at radius 3 is 2.56 bits per heavy atom. The quantitative estimate of drug-likeness (QED) is 0.746. The molecule has 3 aliphatic heterocycles. The monoisotopic (exact) mass is 368 g/mol. The number of benzene rings is 1. The Bertz CT molecular complexity index is 852. The van der Waals surface area contributed by atoms with Gasteiger partial charge in [0.15, 0.2) is 0 Å². The van der Waals surface area contributed by atoms with Crippen LogP contribution in [0.3, 0.4) is 0 Å². The molecule has 1 unspecified atom stereocenters. The Morgan fingerprint density at radius 2 is 1.85 bits per heavy atom. The number of aliphatic imine (C=N–C) groups is 1. The smallest absolute Gasteiger partial charge is 0.270 e. The van der Waals surface area contributed by atoms with E-state index < -0.39 is 6.04 Å². The van der Waals surface area contributed by atoms with E-state index in [1.54, 1.807) is 14.1 Å². The summed E-state index contributed by atoms with van der Waals surface area (Å²) in [7, 11) is 3.24. The summed E-state index contributed by atoms with van der Waals surface area (Å²) in [4.78, 5) is 34.9. The van der Waals surface area contributed by atoms with E-state index in [9.17, 15) is 9.59 Å². The summed E-state index contributed by atoms with van der Waals surface area (Å²) in [6.45, 7) is 4.53. The van der Waals surface area contributed by atoms with E-state index in [0.29, 0.717) is 12.4 Å². The first-order valence-electron chi connectivity index (χ1n) is 9.55. The van der Waals surface area contributed by atoms with Crippen LogP contribution in [0.2, 0.25) is 0 Å². The van der Waals surface area contributed by atoms with Crippen molar-refractivity contribution in [1.29, 1.82) is 0 Å². The van der Waals surface area contributed by atoms with Gasteiger partial charge in [0, 0.05) is 14.1 Å². The number of carbonyl (C=O) groups excluding carboxylic acids is 2. The maximum absolute atomic E-state index is 13.0. The van der Waals surface area contributed by atoms with Crippen molar-refractivity contribution in [3.05, 3.63) is 35.4 Å². The van der Waals surface area contributed by atoms with Gasteiger partial charge >= 0.3 is 12.0 Å². The average Bonchev–Trinajstić information content (AvgIpc) is 3.05. The first kappa shape index (κ1) is 17.7. The van der Waals surface area contributed by atoms with Crippen molar-refractivity contribution in [2.24, 2.45) is 4.99 Å². The van der Waals surface area contributed by atoms with E-state index >= 15 is 0 Å². The lowest BCUT2D eigenvalue weighted by Crippen LogP contribution is -2.62. The van der Waals surface area contributed by atoms with Gasteiger partial charge in [-0.05, 0) is 31.7 Å². The fourth-order valence-corrected chi connectivity index (χ4v) is 4.10. The highest BCUT2D eigenvalue weighted by atomic mass is 16.2. The number of aryl methyl sites for hydroxylation is 1. The van der Waals surface area contributed by atoms with Gasteiger partial charge in [0.1, 0.15) is 0 Å². The number of fused-ring (bicyclic) bond motifs is 1. The maximum atomic E-state index is 13.0. The minimum Gasteiger partial charge on any atom is -0.270 e. The number of amidine groups is 1. The molecule has 7 nitrogen and oxygen atoms in total. The molecule has 0 aliphatic carbocycles. The number of guanidine groups is 1. The SMILES string of the molecule is Cc1cccc(CN2C(=[N+]3CCCCC3)N=C3C2C(=O)N(C)C(=O)N3C)c1. The third kappa shape index (κ3) is 3.01. The van der Waals surface area contributed by atoms with Crippen LogP contribution in [0, 0.1) is 6.92 Å². The van der Waals surface area contributed by atoms with Gasteiger partial charge in [-0.25, -0.2) is 9.69 Å². The highest BCUT2D eigenvalue weighted by Gasteiger charge is 2.55. The maximum Gasteiger partial charge on any atom is 0.392 e. The summed E-state index contributed by atoms with van der Waals surface area (Å²) in [6.07, 6.45) is 3.47. The molecule has 0 bridgehead atoms. The van der Waals surface area contributed by atoms with Crippen LogP contribution in [0.4, 0.5) is 4.79 Å². The Labute approximate surface area is 159 Å². The highest BCUT2D eigenvalue weighted by molar-refractivity contribution is 6.25. The number of hydrogen-bond donors (Lipinski definition) is 0. The van der Waals surface area contributed by atoms with Crippen LogP contribution < -0.4 is 0 Å². The van der Waals surface area contributed by atoms with Gasteiger partial charge in [-0.3, -0.25) is 19.2 Å². The van der Waals surface area contributed by atoms with Crippen molar-refractivity contribution in [2.75, 3.05) is 27.2 Å². The van der Waals surface area contributed by atoms with E-state index in [0.717, 1.165) is 37.5 Å². The second-order valence-electron chi connectivity index (χ2n) is 7.58. The topological polar surface area (TPSA) is 59.2 Å². The lowest BCUT2D eigenvalue weighted by atomic mass is 10.1. The predicted molar refractivity (Wildman–Crippen MR) is 103 cm³/mol. The van der Waals surface area contributed by atoms with Gasteiger partial charge in [-0.2, -0.15) is 0 Å². The van der Waals surface area contributed by atoms with Gasteiger partial charge in [0.05, 0.1) is 19.6 Å². The number of likely N-dealkylation sites (N-methyl/N-ethyl adjacent to an activating group) is 2. The van der Waals surface area contributed by atoms with Crippen LogP contribution in [0.25, 0.3) is 0 Å². The molecule has 3 aliphatic rings. The number of imide groups is 1. The fourth-order valence-electron chi connectivity index (χ4n) is 4.10. The molecular weight excluding hydrogens is 342 g/mol. The number of amides is 3. The Kier molecular flexibility index (Phi) is 4.45. The zero-order chi connectivity index (χ0) is 19.1. The molecule has 1 atom stereocenters. The number of carbonyl (C=O) groups is 2. The third-order valence-corrected chi connectivity index (χ3v) is 5.58. The molecule has 0 spiro atoms. The molecular formula is C20H26N5O2+. The third-order valence-electron chi connectivity index (χ3n) is 5.58. The lowest BCUT2D eigenvalue weighted by molar-refractivity contribution is -0.542. The predicted octanol–water partition coefficient (Wildman–Crippen LogP) is 1.65. The van der Waals surface area contributed by atoms with Crippen LogP contribution in [0.15, 0.2) is 29.3 Å². The van der Waals surface area contributed by atoms with Crippen molar-refractivity contribution in [3.8, 4) is 0 Å². The molecule has 1 aromatic rings. The Morgan fingerprint density at radius 1 is 1.11 bits per heavy atom. The van der Waals surface area contributed by atoms with Gasteiger partial charge in [0.25, 0.3) is 5.91 Å². The van der Waals surface area contributed by atoms with Crippen LogP contribution in [-0.4, -0.2) is 76.2 Å². The van der Waals surface area contributed by atoms with Crippen molar-refractivity contribution in [1.82, 2.24) is 14.7 Å². The van der Waals surface area contributed by atoms with E-state index in [1.807, 2.05) is 6.07 Å². The standard InChI is InChI=1S/C20H26N5O2/c1-14-8-7-9-15(12-14)13-25-16-17(22(2)20(27)23(3)18(16)26)21-19(25)24-10-5-4-6-11-24/h7-9,12,16H,4-6,10-11,13H2,1-3H3/q+1. The molecule has 3 amide bonds. The number of piperidine rings is 1. The second kappa shape index (κ2) is 6.79. The molecule has 2 fully saturated rings. The van der Waals surface area contributed by atoms with Crippen molar-refractivity contribution >= 4 is 23.7 Å². The summed E-state index contributed by atoms with van der Waals surface area (Å²) in [6, 6.07) is 7.44. The van der Waals surface area contributed by atoms with Crippen molar-refractivity contribution < 1.29 is 14.2 Å². The zero-order valence-corrected chi connectivity index (χ0v) is 16.2. The number of rotatable bonds is 2. The largest absolute Gasteiger partial charge is 0.392 e. The molecule has 0 radical (unpaired) electrons. The molecule has 0 saturated carbocycles.